The quantitative estimate of drug-likeness (QED) is 0.0195. The SMILES string of the molecule is CCCC/C=C\C/C=C\CCCCCCCC(=O)OCCCCCCCCCCC/C=C\C/C=C\CCCCCCCCCCCCCCCC(=O)NC(COC1OC(CO)C(O)C(O)C1O)C(O)/C=C/CC/C=C/CC/C=C/CCCCC. The molecule has 0 aliphatic carbocycles. The number of nitrogens with one attached hydrogen (secondary N) is 1. The van der Waals surface area contributed by atoms with Crippen molar-refractivity contribution in [1.29, 1.82) is 0 Å². The van der Waals surface area contributed by atoms with Gasteiger partial charge in [-0.05, 0) is 116 Å². The number of unbranched alkanes of at least 4 members (excludes halogenated alkanes) is 34. The van der Waals surface area contributed by atoms with Crippen LogP contribution >= 0.6 is 0 Å². The number of hydrogen-bond donors (Lipinski definition) is 6. The highest BCUT2D eigenvalue weighted by molar-refractivity contribution is 5.76. The Morgan fingerprint density at radius 1 is 0.440 bits per heavy atom. The van der Waals surface area contributed by atoms with Crippen LogP contribution in [0, 0.1) is 0 Å². The van der Waals surface area contributed by atoms with Crippen molar-refractivity contribution in [3.63, 3.8) is 0 Å². The Labute approximate surface area is 514 Å². The number of ether oxygens (including phenoxy) is 3. The third-order valence-electron chi connectivity index (χ3n) is 15.9. The fraction of sp³-hybridized carbons (Fsp3) is 0.781. The lowest BCUT2D eigenvalue weighted by molar-refractivity contribution is -0.302. The van der Waals surface area contributed by atoms with Gasteiger partial charge in [-0.3, -0.25) is 9.59 Å². The van der Waals surface area contributed by atoms with E-state index >= 15 is 0 Å². The lowest BCUT2D eigenvalue weighted by atomic mass is 9.99. The zero-order valence-electron chi connectivity index (χ0n) is 53.8. The molecule has 0 spiro atoms. The van der Waals surface area contributed by atoms with Gasteiger partial charge >= 0.3 is 5.97 Å². The molecule has 7 unspecified atom stereocenters. The van der Waals surface area contributed by atoms with Crippen molar-refractivity contribution >= 4 is 11.9 Å². The number of carbonyl (C=O) groups is 2. The third kappa shape index (κ3) is 49.9. The first-order valence-electron chi connectivity index (χ1n) is 34.9. The second-order valence-corrected chi connectivity index (χ2v) is 23.8. The maximum Gasteiger partial charge on any atom is 0.305 e. The van der Waals surface area contributed by atoms with Gasteiger partial charge in [0.2, 0.25) is 5.91 Å². The number of esters is 1. The lowest BCUT2D eigenvalue weighted by Gasteiger charge is -2.40. The highest BCUT2D eigenvalue weighted by Crippen LogP contribution is 2.23. The van der Waals surface area contributed by atoms with Crippen molar-refractivity contribution < 1.29 is 49.3 Å². The van der Waals surface area contributed by atoms with Gasteiger partial charge in [-0.25, -0.2) is 0 Å². The minimum atomic E-state index is -1.58. The van der Waals surface area contributed by atoms with Crippen LogP contribution in [0.1, 0.15) is 303 Å². The third-order valence-corrected chi connectivity index (χ3v) is 15.9. The van der Waals surface area contributed by atoms with Crippen LogP contribution in [0.15, 0.2) is 85.1 Å². The van der Waals surface area contributed by atoms with Crippen LogP contribution in [-0.2, 0) is 23.8 Å². The van der Waals surface area contributed by atoms with E-state index in [4.69, 9.17) is 14.2 Å². The van der Waals surface area contributed by atoms with E-state index < -0.39 is 49.5 Å². The topological polar surface area (TPSA) is 175 Å². The summed E-state index contributed by atoms with van der Waals surface area (Å²) >= 11 is 0. The van der Waals surface area contributed by atoms with Gasteiger partial charge in [0.05, 0.1) is 32.0 Å². The number of allylic oxidation sites excluding steroid dienone is 13. The van der Waals surface area contributed by atoms with Crippen LogP contribution in [0.4, 0.5) is 0 Å². The Balaban J connectivity index is 2.00. The molecule has 11 heteroatoms. The van der Waals surface area contributed by atoms with Crippen molar-refractivity contribution in [3.05, 3.63) is 85.1 Å². The molecule has 0 aromatic heterocycles. The summed E-state index contributed by atoms with van der Waals surface area (Å²) in [7, 11) is 0. The number of aliphatic hydroxyl groups is 5. The first-order valence-corrected chi connectivity index (χ1v) is 34.9. The first-order chi connectivity index (χ1) is 41.2. The number of carbonyl (C=O) groups excluding carboxylic acids is 2. The smallest absolute Gasteiger partial charge is 0.305 e. The molecule has 6 N–H and O–H groups in total. The average Bonchev–Trinajstić information content (AvgIpc) is 3.60. The largest absolute Gasteiger partial charge is 0.466 e. The van der Waals surface area contributed by atoms with Gasteiger partial charge in [0.15, 0.2) is 6.29 Å². The van der Waals surface area contributed by atoms with E-state index in [2.05, 4.69) is 92.1 Å². The molecule has 1 amide bonds. The van der Waals surface area contributed by atoms with Crippen molar-refractivity contribution in [2.75, 3.05) is 19.8 Å². The fourth-order valence-electron chi connectivity index (χ4n) is 10.4. The predicted octanol–water partition coefficient (Wildman–Crippen LogP) is 17.7. The second-order valence-electron chi connectivity index (χ2n) is 23.8. The van der Waals surface area contributed by atoms with Crippen LogP contribution in [-0.4, -0.2) is 100 Å². The second kappa shape index (κ2) is 61.5. The molecule has 1 fully saturated rings. The van der Waals surface area contributed by atoms with Crippen LogP contribution < -0.4 is 5.32 Å². The summed E-state index contributed by atoms with van der Waals surface area (Å²) in [5.74, 6) is -0.211. The van der Waals surface area contributed by atoms with Crippen LogP contribution in [0.3, 0.4) is 0 Å². The predicted molar refractivity (Wildman–Crippen MR) is 352 cm³/mol. The van der Waals surface area contributed by atoms with Gasteiger partial charge in [0, 0.05) is 12.8 Å². The van der Waals surface area contributed by atoms with Crippen molar-refractivity contribution in [2.24, 2.45) is 0 Å². The van der Waals surface area contributed by atoms with Crippen molar-refractivity contribution in [3.8, 4) is 0 Å². The molecular weight excluding hydrogens is 1050 g/mol. The molecule has 1 saturated heterocycles. The zero-order valence-corrected chi connectivity index (χ0v) is 53.8. The van der Waals surface area contributed by atoms with E-state index in [1.807, 2.05) is 6.08 Å². The molecule has 0 bridgehead atoms. The number of rotatable bonds is 60. The molecule has 84 heavy (non-hydrogen) atoms. The molecule has 0 aromatic carbocycles. The van der Waals surface area contributed by atoms with Crippen molar-refractivity contribution in [1.82, 2.24) is 5.32 Å². The molecule has 1 aliphatic rings. The summed E-state index contributed by atoms with van der Waals surface area (Å²) in [6, 6.07) is -0.837. The maximum absolute atomic E-state index is 13.1. The zero-order chi connectivity index (χ0) is 60.9. The van der Waals surface area contributed by atoms with Gasteiger partial charge in [0.25, 0.3) is 0 Å². The van der Waals surface area contributed by atoms with E-state index in [0.29, 0.717) is 19.4 Å². The van der Waals surface area contributed by atoms with E-state index in [9.17, 15) is 35.1 Å². The summed E-state index contributed by atoms with van der Waals surface area (Å²) in [5.41, 5.74) is 0. The van der Waals surface area contributed by atoms with Gasteiger partial charge < -0.3 is 45.1 Å². The van der Waals surface area contributed by atoms with Gasteiger partial charge in [-0.2, -0.15) is 0 Å². The molecule has 1 heterocycles. The summed E-state index contributed by atoms with van der Waals surface area (Å²) < 4.78 is 16.7. The Morgan fingerprint density at radius 3 is 1.29 bits per heavy atom. The van der Waals surface area contributed by atoms with E-state index in [1.165, 1.54) is 186 Å². The lowest BCUT2D eigenvalue weighted by Crippen LogP contribution is -2.60. The summed E-state index contributed by atoms with van der Waals surface area (Å²) in [5, 5.41) is 54.4. The number of hydrogen-bond acceptors (Lipinski definition) is 10. The van der Waals surface area contributed by atoms with Crippen LogP contribution in [0.2, 0.25) is 0 Å². The van der Waals surface area contributed by atoms with E-state index in [-0.39, 0.29) is 18.5 Å². The molecule has 0 saturated carbocycles. The van der Waals surface area contributed by atoms with Crippen molar-refractivity contribution in [2.45, 2.75) is 346 Å². The van der Waals surface area contributed by atoms with Gasteiger partial charge in [0.1, 0.15) is 24.4 Å². The minimum Gasteiger partial charge on any atom is -0.466 e. The molecule has 0 aromatic rings. The maximum atomic E-state index is 13.1. The average molecular weight is 1180 g/mol. The Bertz CT molecular complexity index is 1670. The molecule has 486 valence electrons. The Morgan fingerprint density at radius 2 is 0.821 bits per heavy atom. The summed E-state index contributed by atoms with van der Waals surface area (Å²) in [6.45, 7) is 4.25. The Hall–Kier alpha value is -3.16. The molecule has 0 radical (unpaired) electrons. The summed E-state index contributed by atoms with van der Waals surface area (Å²) in [6.07, 6.45) is 74.2. The highest BCUT2D eigenvalue weighted by atomic mass is 16.7. The first kappa shape index (κ1) is 78.9. The molecule has 7 atom stereocenters. The number of aliphatic hydroxyl groups excluding tert-OH is 5. The number of amides is 1. The fourth-order valence-corrected chi connectivity index (χ4v) is 10.4. The van der Waals surface area contributed by atoms with Gasteiger partial charge in [-0.15, -0.1) is 0 Å². The highest BCUT2D eigenvalue weighted by Gasteiger charge is 2.44. The monoisotopic (exact) mass is 1180 g/mol. The molecule has 11 nitrogen and oxygen atoms in total. The van der Waals surface area contributed by atoms with E-state index in [0.717, 1.165) is 89.9 Å². The Kier molecular flexibility index (Phi) is 57.7. The molecular formula is C73H129NO10. The minimum absolute atomic E-state index is 0.0126. The molecule has 1 aliphatic heterocycles. The summed E-state index contributed by atoms with van der Waals surface area (Å²) in [4.78, 5) is 25.1. The van der Waals surface area contributed by atoms with E-state index in [1.54, 1.807) is 6.08 Å². The molecule has 1 rings (SSSR count). The normalized spacial score (nSPS) is 18.6. The standard InChI is InChI=1S/C73H129NO10/c1-3-5-7-9-11-13-15-17-37-41-45-49-53-57-61-69(78)82-62-58-54-50-46-42-38-34-32-30-28-26-24-22-20-18-19-21-23-25-27-29-31-33-36-40-44-48-52-56-60-68(77)74-65(64-83-73-72(81)71(80)70(79)67(63-75)84-73)66(76)59-55-51-47-43-39-35-16-14-12-10-8-6-4-2/h9,11-12,14-15,17-18,20,24,26,39,43,55,59,65-67,70-73,75-76,79-81H,3-8,10,13,16,19,21-23,25,27-38,40-42,44-54,56-58,60-64H2,1-2H3,(H,74,77)/b11-9-,14-12+,17-15-,20-18-,26-24-,43-39+,59-55+. The van der Waals surface area contributed by atoms with Crippen LogP contribution in [0.5, 0.6) is 0 Å². The van der Waals surface area contributed by atoms with Crippen LogP contribution in [0.25, 0.3) is 0 Å². The van der Waals surface area contributed by atoms with Gasteiger partial charge in [-0.1, -0.05) is 259 Å².